The zero-order valence-electron chi connectivity index (χ0n) is 11.9. The van der Waals surface area contributed by atoms with Crippen LogP contribution in [0, 0.1) is 0 Å². The lowest BCUT2D eigenvalue weighted by atomic mass is 9.78. The SMILES string of the molecule is CC(c1ccccc1)C(O)C1CCCc2cccnc21. The summed E-state index contributed by atoms with van der Waals surface area (Å²) in [5, 5.41) is 10.8. The summed E-state index contributed by atoms with van der Waals surface area (Å²) < 4.78 is 0. The van der Waals surface area contributed by atoms with Crippen LogP contribution in [0.1, 0.15) is 48.4 Å². The van der Waals surface area contributed by atoms with E-state index in [4.69, 9.17) is 0 Å². The molecule has 3 unspecified atom stereocenters. The minimum atomic E-state index is -0.369. The Balaban J connectivity index is 1.87. The maximum absolute atomic E-state index is 10.8. The Labute approximate surface area is 120 Å². The van der Waals surface area contributed by atoms with Gasteiger partial charge in [0.2, 0.25) is 0 Å². The van der Waals surface area contributed by atoms with Crippen LogP contribution < -0.4 is 0 Å². The number of aliphatic hydroxyl groups excluding tert-OH is 1. The van der Waals surface area contributed by atoms with Crippen molar-refractivity contribution in [3.8, 4) is 0 Å². The number of hydrogen-bond acceptors (Lipinski definition) is 2. The highest BCUT2D eigenvalue weighted by Gasteiger charge is 2.31. The molecule has 1 aliphatic carbocycles. The molecule has 0 aliphatic heterocycles. The van der Waals surface area contributed by atoms with E-state index in [1.54, 1.807) is 0 Å². The van der Waals surface area contributed by atoms with Gasteiger partial charge >= 0.3 is 0 Å². The highest BCUT2D eigenvalue weighted by molar-refractivity contribution is 5.29. The predicted molar refractivity (Wildman–Crippen MR) is 80.8 cm³/mol. The molecular formula is C18H21NO. The van der Waals surface area contributed by atoms with Crippen LogP contribution in [-0.4, -0.2) is 16.2 Å². The van der Waals surface area contributed by atoms with Crippen molar-refractivity contribution in [2.24, 2.45) is 0 Å². The van der Waals surface area contributed by atoms with Crippen LogP contribution in [0.15, 0.2) is 48.7 Å². The number of aliphatic hydroxyl groups is 1. The second-order valence-corrected chi connectivity index (χ2v) is 5.74. The Bertz CT molecular complexity index is 567. The van der Waals surface area contributed by atoms with Gasteiger partial charge in [0.15, 0.2) is 0 Å². The van der Waals surface area contributed by atoms with E-state index in [9.17, 15) is 5.11 Å². The molecule has 3 atom stereocenters. The highest BCUT2D eigenvalue weighted by atomic mass is 16.3. The molecule has 0 radical (unpaired) electrons. The fourth-order valence-electron chi connectivity index (χ4n) is 3.28. The van der Waals surface area contributed by atoms with Gasteiger partial charge in [0.05, 0.1) is 6.10 Å². The largest absolute Gasteiger partial charge is 0.392 e. The van der Waals surface area contributed by atoms with Crippen LogP contribution in [0.2, 0.25) is 0 Å². The first-order valence-corrected chi connectivity index (χ1v) is 7.44. The summed E-state index contributed by atoms with van der Waals surface area (Å²) in [4.78, 5) is 4.54. The van der Waals surface area contributed by atoms with Crippen molar-refractivity contribution in [3.05, 3.63) is 65.5 Å². The molecule has 1 N–H and O–H groups in total. The van der Waals surface area contributed by atoms with Crippen LogP contribution >= 0.6 is 0 Å². The lowest BCUT2D eigenvalue weighted by molar-refractivity contribution is 0.109. The van der Waals surface area contributed by atoms with Crippen LogP contribution in [0.4, 0.5) is 0 Å². The molecule has 20 heavy (non-hydrogen) atoms. The van der Waals surface area contributed by atoms with Crippen LogP contribution in [0.5, 0.6) is 0 Å². The first-order chi connectivity index (χ1) is 9.77. The number of rotatable bonds is 3. The Morgan fingerprint density at radius 2 is 1.95 bits per heavy atom. The minimum Gasteiger partial charge on any atom is -0.392 e. The third kappa shape index (κ3) is 2.48. The number of aryl methyl sites for hydroxylation is 1. The first-order valence-electron chi connectivity index (χ1n) is 7.44. The summed E-state index contributed by atoms with van der Waals surface area (Å²) in [5.74, 6) is 0.296. The van der Waals surface area contributed by atoms with E-state index in [1.165, 1.54) is 11.1 Å². The molecule has 2 nitrogen and oxygen atoms in total. The van der Waals surface area contributed by atoms with E-state index in [-0.39, 0.29) is 17.9 Å². The van der Waals surface area contributed by atoms with Crippen molar-refractivity contribution in [3.63, 3.8) is 0 Å². The summed E-state index contributed by atoms with van der Waals surface area (Å²) in [5.41, 5.74) is 3.61. The van der Waals surface area contributed by atoms with Crippen LogP contribution in [0.3, 0.4) is 0 Å². The van der Waals surface area contributed by atoms with Gasteiger partial charge < -0.3 is 5.11 Å². The van der Waals surface area contributed by atoms with E-state index in [2.05, 4.69) is 30.1 Å². The number of fused-ring (bicyclic) bond motifs is 1. The predicted octanol–water partition coefficient (Wildman–Crippen LogP) is 3.67. The topological polar surface area (TPSA) is 33.1 Å². The molecule has 1 heterocycles. The zero-order chi connectivity index (χ0) is 13.9. The van der Waals surface area contributed by atoms with Gasteiger partial charge in [-0.15, -0.1) is 0 Å². The Kier molecular flexibility index (Phi) is 3.83. The van der Waals surface area contributed by atoms with E-state index in [0.717, 1.165) is 25.0 Å². The Hall–Kier alpha value is -1.67. The molecule has 3 rings (SSSR count). The van der Waals surface area contributed by atoms with Crippen molar-refractivity contribution >= 4 is 0 Å². The number of pyridine rings is 1. The molecule has 1 aromatic carbocycles. The Morgan fingerprint density at radius 1 is 1.15 bits per heavy atom. The Morgan fingerprint density at radius 3 is 2.75 bits per heavy atom. The van der Waals surface area contributed by atoms with E-state index >= 15 is 0 Å². The third-order valence-corrected chi connectivity index (χ3v) is 4.49. The quantitative estimate of drug-likeness (QED) is 0.920. The van der Waals surface area contributed by atoms with Crippen molar-refractivity contribution in [1.82, 2.24) is 4.98 Å². The maximum Gasteiger partial charge on any atom is 0.0689 e. The molecule has 0 fully saturated rings. The number of aromatic nitrogens is 1. The molecule has 0 spiro atoms. The van der Waals surface area contributed by atoms with Gasteiger partial charge in [-0.2, -0.15) is 0 Å². The average Bonchev–Trinajstić information content (AvgIpc) is 2.54. The van der Waals surface area contributed by atoms with Crippen molar-refractivity contribution < 1.29 is 5.11 Å². The van der Waals surface area contributed by atoms with E-state index in [1.807, 2.05) is 30.5 Å². The molecule has 0 saturated heterocycles. The van der Waals surface area contributed by atoms with Gasteiger partial charge in [0, 0.05) is 23.7 Å². The lowest BCUT2D eigenvalue weighted by Crippen LogP contribution is -2.28. The maximum atomic E-state index is 10.8. The van der Waals surface area contributed by atoms with Gasteiger partial charge in [-0.25, -0.2) is 0 Å². The molecule has 2 heteroatoms. The van der Waals surface area contributed by atoms with Crippen LogP contribution in [0.25, 0.3) is 0 Å². The molecular weight excluding hydrogens is 246 g/mol. The summed E-state index contributed by atoms with van der Waals surface area (Å²) >= 11 is 0. The standard InChI is InChI=1S/C18H21NO/c1-13(14-7-3-2-4-8-14)18(20)16-11-5-9-15-10-6-12-19-17(15)16/h2-4,6-8,10,12-13,16,18,20H,5,9,11H2,1H3. The summed E-state index contributed by atoms with van der Waals surface area (Å²) in [6, 6.07) is 14.4. The van der Waals surface area contributed by atoms with Gasteiger partial charge in [0.25, 0.3) is 0 Å². The molecule has 0 amide bonds. The highest BCUT2D eigenvalue weighted by Crippen LogP contribution is 2.37. The average molecular weight is 267 g/mol. The molecule has 104 valence electrons. The number of nitrogens with zero attached hydrogens (tertiary/aromatic N) is 1. The zero-order valence-corrected chi connectivity index (χ0v) is 11.9. The first kappa shape index (κ1) is 13.3. The fraction of sp³-hybridized carbons (Fsp3) is 0.389. The second kappa shape index (κ2) is 5.76. The van der Waals surface area contributed by atoms with Crippen molar-refractivity contribution in [2.45, 2.75) is 44.1 Å². The van der Waals surface area contributed by atoms with Crippen molar-refractivity contribution in [1.29, 1.82) is 0 Å². The number of hydrogen-bond donors (Lipinski definition) is 1. The molecule has 2 aromatic rings. The smallest absolute Gasteiger partial charge is 0.0689 e. The van der Waals surface area contributed by atoms with Gasteiger partial charge in [-0.05, 0) is 36.5 Å². The lowest BCUT2D eigenvalue weighted by Gasteiger charge is -2.31. The van der Waals surface area contributed by atoms with E-state index in [0.29, 0.717) is 0 Å². The van der Waals surface area contributed by atoms with Gasteiger partial charge in [-0.1, -0.05) is 43.3 Å². The monoisotopic (exact) mass is 267 g/mol. The third-order valence-electron chi connectivity index (χ3n) is 4.49. The minimum absolute atomic E-state index is 0.133. The molecule has 0 bridgehead atoms. The van der Waals surface area contributed by atoms with Crippen molar-refractivity contribution in [2.75, 3.05) is 0 Å². The summed E-state index contributed by atoms with van der Waals surface area (Å²) in [7, 11) is 0. The fourth-order valence-corrected chi connectivity index (χ4v) is 3.28. The summed E-state index contributed by atoms with van der Waals surface area (Å²) in [6.07, 6.45) is 4.74. The molecule has 1 aromatic heterocycles. The van der Waals surface area contributed by atoms with Crippen LogP contribution in [-0.2, 0) is 6.42 Å². The number of benzene rings is 1. The normalized spacial score (nSPS) is 21.0. The van der Waals surface area contributed by atoms with E-state index < -0.39 is 0 Å². The van der Waals surface area contributed by atoms with Gasteiger partial charge in [-0.3, -0.25) is 4.98 Å². The molecule has 1 aliphatic rings. The molecule has 0 saturated carbocycles. The summed E-state index contributed by atoms with van der Waals surface area (Å²) in [6.45, 7) is 2.11. The van der Waals surface area contributed by atoms with Gasteiger partial charge in [0.1, 0.15) is 0 Å². The second-order valence-electron chi connectivity index (χ2n) is 5.74.